The summed E-state index contributed by atoms with van der Waals surface area (Å²) in [4.78, 5) is 11.4. The Kier molecular flexibility index (Phi) is 4.37. The number of phenolic OH excluding ortho intramolecular Hbond substituents is 1. The maximum Gasteiger partial charge on any atom is 0.330 e. The summed E-state index contributed by atoms with van der Waals surface area (Å²) in [6.45, 7) is 0. The number of carboxylic acid groups (broad SMARTS) is 1. The monoisotopic (exact) mass is 311 g/mol. The number of rotatable bonds is 4. The van der Waals surface area contributed by atoms with Crippen LogP contribution in [0.15, 0.2) is 42.5 Å². The van der Waals surface area contributed by atoms with Gasteiger partial charge in [-0.1, -0.05) is 41.4 Å². The van der Waals surface area contributed by atoms with Crippen LogP contribution in [0.2, 0.25) is 10.0 Å². The van der Waals surface area contributed by atoms with Crippen molar-refractivity contribution in [1.29, 1.82) is 0 Å². The Bertz CT molecular complexity index is 646. The van der Waals surface area contributed by atoms with Crippen LogP contribution in [0.4, 0.5) is 5.69 Å². The molecule has 0 saturated heterocycles. The lowest BCUT2D eigenvalue weighted by molar-refractivity contribution is -0.138. The van der Waals surface area contributed by atoms with Gasteiger partial charge in [0.15, 0.2) is 6.04 Å². The first kappa shape index (κ1) is 14.5. The number of hydrogen-bond acceptors (Lipinski definition) is 3. The summed E-state index contributed by atoms with van der Waals surface area (Å²) in [6, 6.07) is 10.1. The van der Waals surface area contributed by atoms with Crippen LogP contribution in [0.3, 0.4) is 0 Å². The van der Waals surface area contributed by atoms with Crippen molar-refractivity contribution in [2.75, 3.05) is 5.32 Å². The van der Waals surface area contributed by atoms with Crippen molar-refractivity contribution in [2.45, 2.75) is 6.04 Å². The van der Waals surface area contributed by atoms with Crippen molar-refractivity contribution in [3.05, 3.63) is 58.1 Å². The van der Waals surface area contributed by atoms with Crippen LogP contribution in [0, 0.1) is 0 Å². The summed E-state index contributed by atoms with van der Waals surface area (Å²) < 4.78 is 0. The Labute approximate surface area is 125 Å². The molecule has 2 aromatic rings. The molecule has 2 aromatic carbocycles. The molecule has 0 fully saturated rings. The zero-order valence-corrected chi connectivity index (χ0v) is 11.7. The number of hydrogen-bond donors (Lipinski definition) is 3. The van der Waals surface area contributed by atoms with Crippen molar-refractivity contribution in [3.8, 4) is 5.75 Å². The molecule has 0 radical (unpaired) electrons. The van der Waals surface area contributed by atoms with Gasteiger partial charge in [-0.25, -0.2) is 4.79 Å². The minimum absolute atomic E-state index is 0.0923. The molecule has 2 rings (SSSR count). The van der Waals surface area contributed by atoms with E-state index in [0.29, 0.717) is 16.3 Å². The molecule has 0 aliphatic rings. The average molecular weight is 312 g/mol. The standard InChI is InChI=1S/C14H11Cl2NO3/c15-9-3-1-2-4-11(9)17-13(14(19)20)8-5-6-12(18)10(16)7-8/h1-7,13,17-18H,(H,19,20). The van der Waals surface area contributed by atoms with E-state index in [2.05, 4.69) is 5.32 Å². The van der Waals surface area contributed by atoms with Crippen molar-refractivity contribution >= 4 is 34.9 Å². The number of benzene rings is 2. The lowest BCUT2D eigenvalue weighted by atomic mass is 10.1. The third-order valence-electron chi connectivity index (χ3n) is 2.73. The first-order chi connectivity index (χ1) is 9.49. The molecule has 0 bridgehead atoms. The second kappa shape index (κ2) is 6.03. The second-order valence-electron chi connectivity index (χ2n) is 4.11. The quantitative estimate of drug-likeness (QED) is 0.800. The zero-order chi connectivity index (χ0) is 14.7. The highest BCUT2D eigenvalue weighted by Crippen LogP contribution is 2.30. The molecular formula is C14H11Cl2NO3. The average Bonchev–Trinajstić information content (AvgIpc) is 2.41. The fraction of sp³-hybridized carbons (Fsp3) is 0.0714. The van der Waals surface area contributed by atoms with Crippen molar-refractivity contribution in [1.82, 2.24) is 0 Å². The molecule has 0 amide bonds. The van der Waals surface area contributed by atoms with Crippen molar-refractivity contribution < 1.29 is 15.0 Å². The number of carboxylic acids is 1. The summed E-state index contributed by atoms with van der Waals surface area (Å²) in [5.41, 5.74) is 0.922. The van der Waals surface area contributed by atoms with Gasteiger partial charge in [-0.05, 0) is 29.8 Å². The van der Waals surface area contributed by atoms with E-state index in [9.17, 15) is 15.0 Å². The van der Waals surface area contributed by atoms with E-state index in [1.807, 2.05) is 0 Å². The topological polar surface area (TPSA) is 69.6 Å². The lowest BCUT2D eigenvalue weighted by Crippen LogP contribution is -2.20. The smallest absolute Gasteiger partial charge is 0.330 e. The normalized spacial score (nSPS) is 11.9. The Hall–Kier alpha value is -1.91. The van der Waals surface area contributed by atoms with Gasteiger partial charge in [0, 0.05) is 0 Å². The molecule has 0 aliphatic carbocycles. The summed E-state index contributed by atoms with van der Waals surface area (Å²) >= 11 is 11.8. The second-order valence-corrected chi connectivity index (χ2v) is 4.92. The molecule has 1 atom stereocenters. The predicted octanol–water partition coefficient (Wildman–Crippen LogP) is 3.94. The first-order valence-electron chi connectivity index (χ1n) is 5.71. The Morgan fingerprint density at radius 1 is 1.10 bits per heavy atom. The molecule has 0 spiro atoms. The number of nitrogens with one attached hydrogen (secondary N) is 1. The summed E-state index contributed by atoms with van der Waals surface area (Å²) in [6.07, 6.45) is 0. The van der Waals surface area contributed by atoms with Gasteiger partial charge in [0.2, 0.25) is 0 Å². The number of halogens is 2. The Morgan fingerprint density at radius 2 is 1.80 bits per heavy atom. The molecule has 0 heterocycles. The highest BCUT2D eigenvalue weighted by Gasteiger charge is 2.21. The molecule has 0 aromatic heterocycles. The van der Waals surface area contributed by atoms with Gasteiger partial charge < -0.3 is 15.5 Å². The van der Waals surface area contributed by atoms with E-state index in [1.165, 1.54) is 18.2 Å². The summed E-state index contributed by atoms with van der Waals surface area (Å²) in [5.74, 6) is -1.18. The number of para-hydroxylation sites is 1. The largest absolute Gasteiger partial charge is 0.506 e. The van der Waals surface area contributed by atoms with Crippen LogP contribution >= 0.6 is 23.2 Å². The molecule has 0 aliphatic heterocycles. The number of carbonyl (C=O) groups is 1. The van der Waals surface area contributed by atoms with Crippen LogP contribution in [0.1, 0.15) is 11.6 Å². The molecule has 1 unspecified atom stereocenters. The Morgan fingerprint density at radius 3 is 2.40 bits per heavy atom. The van der Waals surface area contributed by atoms with Gasteiger partial charge in [-0.15, -0.1) is 0 Å². The molecule has 4 nitrogen and oxygen atoms in total. The third-order valence-corrected chi connectivity index (χ3v) is 3.36. The number of phenols is 1. The van der Waals surface area contributed by atoms with E-state index in [-0.39, 0.29) is 10.8 Å². The molecule has 20 heavy (non-hydrogen) atoms. The van der Waals surface area contributed by atoms with Gasteiger partial charge in [0.05, 0.1) is 15.7 Å². The highest BCUT2D eigenvalue weighted by atomic mass is 35.5. The molecule has 104 valence electrons. The van der Waals surface area contributed by atoms with Crippen LogP contribution in [-0.2, 0) is 4.79 Å². The van der Waals surface area contributed by atoms with Crippen molar-refractivity contribution in [2.24, 2.45) is 0 Å². The number of anilines is 1. The van der Waals surface area contributed by atoms with Gasteiger partial charge in [0.1, 0.15) is 5.75 Å². The van der Waals surface area contributed by atoms with E-state index in [1.54, 1.807) is 24.3 Å². The SMILES string of the molecule is O=C(O)C(Nc1ccccc1Cl)c1ccc(O)c(Cl)c1. The van der Waals surface area contributed by atoms with Crippen LogP contribution in [0.5, 0.6) is 5.75 Å². The predicted molar refractivity (Wildman–Crippen MR) is 78.6 cm³/mol. The minimum atomic E-state index is -1.08. The third kappa shape index (κ3) is 3.15. The van der Waals surface area contributed by atoms with E-state index in [4.69, 9.17) is 23.2 Å². The fourth-order valence-corrected chi connectivity index (χ4v) is 2.10. The first-order valence-corrected chi connectivity index (χ1v) is 6.47. The maximum absolute atomic E-state index is 11.4. The minimum Gasteiger partial charge on any atom is -0.506 e. The number of aromatic hydroxyl groups is 1. The summed E-state index contributed by atoms with van der Waals surface area (Å²) in [5, 5.41) is 22.1. The fourth-order valence-electron chi connectivity index (χ4n) is 1.72. The zero-order valence-electron chi connectivity index (χ0n) is 10.2. The van der Waals surface area contributed by atoms with Crippen LogP contribution in [-0.4, -0.2) is 16.2 Å². The van der Waals surface area contributed by atoms with Crippen LogP contribution < -0.4 is 5.32 Å². The van der Waals surface area contributed by atoms with Gasteiger partial charge in [0.25, 0.3) is 0 Å². The van der Waals surface area contributed by atoms with Gasteiger partial charge >= 0.3 is 5.97 Å². The molecule has 0 saturated carbocycles. The highest BCUT2D eigenvalue weighted by molar-refractivity contribution is 6.33. The molecule has 6 heteroatoms. The summed E-state index contributed by atoms with van der Waals surface area (Å²) in [7, 11) is 0. The van der Waals surface area contributed by atoms with Crippen molar-refractivity contribution in [3.63, 3.8) is 0 Å². The maximum atomic E-state index is 11.4. The number of aliphatic carboxylic acids is 1. The van der Waals surface area contributed by atoms with E-state index < -0.39 is 12.0 Å². The van der Waals surface area contributed by atoms with Gasteiger partial charge in [-0.2, -0.15) is 0 Å². The van der Waals surface area contributed by atoms with Crippen LogP contribution in [0.25, 0.3) is 0 Å². The van der Waals surface area contributed by atoms with E-state index >= 15 is 0 Å². The molecule has 3 N–H and O–H groups in total. The van der Waals surface area contributed by atoms with E-state index in [0.717, 1.165) is 0 Å². The Balaban J connectivity index is 2.34. The van der Waals surface area contributed by atoms with Gasteiger partial charge in [-0.3, -0.25) is 0 Å². The lowest BCUT2D eigenvalue weighted by Gasteiger charge is -2.17. The molecular weight excluding hydrogens is 301 g/mol.